The van der Waals surface area contributed by atoms with Crippen molar-refractivity contribution in [2.24, 2.45) is 5.73 Å². The van der Waals surface area contributed by atoms with Crippen LogP contribution >= 0.6 is 11.3 Å². The number of nitrogen functional groups attached to an aromatic ring is 1. The number of nitrogens with zero attached hydrogens (tertiary/aromatic N) is 2. The summed E-state index contributed by atoms with van der Waals surface area (Å²) in [7, 11) is 1.61. The molecule has 4 N–H and O–H groups in total. The van der Waals surface area contributed by atoms with Crippen LogP contribution in [0.25, 0.3) is 21.6 Å². The fourth-order valence-electron chi connectivity index (χ4n) is 2.25. The Hall–Kier alpha value is -2.67. The van der Waals surface area contributed by atoms with Crippen LogP contribution in [0.3, 0.4) is 0 Å². The van der Waals surface area contributed by atoms with Gasteiger partial charge < -0.3 is 16.2 Å². The Morgan fingerprint density at radius 3 is 2.50 bits per heavy atom. The van der Waals surface area contributed by atoms with Gasteiger partial charge in [0.1, 0.15) is 15.5 Å². The Morgan fingerprint density at radius 2 is 1.91 bits per heavy atom. The Morgan fingerprint density at radius 1 is 1.23 bits per heavy atom. The van der Waals surface area contributed by atoms with Gasteiger partial charge >= 0.3 is 0 Å². The van der Waals surface area contributed by atoms with E-state index in [1.807, 2.05) is 31.2 Å². The van der Waals surface area contributed by atoms with E-state index in [9.17, 15) is 4.79 Å². The summed E-state index contributed by atoms with van der Waals surface area (Å²) < 4.78 is 5.14. The topological polar surface area (TPSA) is 104 Å². The molecule has 3 aromatic rings. The molecule has 0 fully saturated rings. The zero-order valence-corrected chi connectivity index (χ0v) is 12.9. The summed E-state index contributed by atoms with van der Waals surface area (Å²) in [6.45, 7) is 1.84. The zero-order valence-electron chi connectivity index (χ0n) is 12.1. The molecule has 1 amide bonds. The van der Waals surface area contributed by atoms with E-state index in [1.165, 1.54) is 11.3 Å². The summed E-state index contributed by atoms with van der Waals surface area (Å²) in [6.07, 6.45) is 0. The number of hydrogen-bond acceptors (Lipinski definition) is 6. The highest BCUT2D eigenvalue weighted by atomic mass is 32.1. The highest BCUT2D eigenvalue weighted by molar-refractivity contribution is 7.21. The summed E-state index contributed by atoms with van der Waals surface area (Å²) >= 11 is 1.19. The number of anilines is 1. The quantitative estimate of drug-likeness (QED) is 0.772. The van der Waals surface area contributed by atoms with Gasteiger partial charge in [-0.15, -0.1) is 11.3 Å². The van der Waals surface area contributed by atoms with E-state index in [0.717, 1.165) is 17.0 Å². The molecule has 2 heterocycles. The summed E-state index contributed by atoms with van der Waals surface area (Å²) in [5.41, 5.74) is 13.3. The number of amides is 1. The van der Waals surface area contributed by atoms with Crippen molar-refractivity contribution >= 4 is 33.1 Å². The van der Waals surface area contributed by atoms with Gasteiger partial charge in [0, 0.05) is 5.56 Å². The molecular formula is C15H14N4O2S. The van der Waals surface area contributed by atoms with Crippen LogP contribution in [0.4, 0.5) is 5.69 Å². The second-order valence-electron chi connectivity index (χ2n) is 4.75. The van der Waals surface area contributed by atoms with Crippen LogP contribution in [0, 0.1) is 6.92 Å². The highest BCUT2D eigenvalue weighted by Gasteiger charge is 2.18. The number of benzene rings is 1. The number of ether oxygens (including phenoxy) is 1. The van der Waals surface area contributed by atoms with Crippen LogP contribution in [-0.4, -0.2) is 23.0 Å². The maximum absolute atomic E-state index is 11.4. The maximum atomic E-state index is 11.4. The third-order valence-corrected chi connectivity index (χ3v) is 4.46. The number of hydrogen-bond donors (Lipinski definition) is 2. The van der Waals surface area contributed by atoms with Crippen molar-refractivity contribution in [3.63, 3.8) is 0 Å². The molecule has 0 spiro atoms. The molecule has 1 aromatic carbocycles. The molecule has 22 heavy (non-hydrogen) atoms. The number of carbonyl (C=O) groups excluding carboxylic acids is 1. The largest absolute Gasteiger partial charge is 0.497 e. The van der Waals surface area contributed by atoms with E-state index in [2.05, 4.69) is 9.97 Å². The molecular weight excluding hydrogens is 300 g/mol. The molecule has 0 aliphatic rings. The van der Waals surface area contributed by atoms with Gasteiger partial charge in [-0.25, -0.2) is 9.97 Å². The lowest BCUT2D eigenvalue weighted by atomic mass is 10.2. The number of aromatic nitrogens is 2. The van der Waals surface area contributed by atoms with Gasteiger partial charge in [-0.2, -0.15) is 0 Å². The molecule has 2 aromatic heterocycles. The van der Waals surface area contributed by atoms with E-state index < -0.39 is 5.91 Å². The molecule has 0 atom stereocenters. The van der Waals surface area contributed by atoms with Gasteiger partial charge in [-0.1, -0.05) is 0 Å². The zero-order chi connectivity index (χ0) is 15.9. The lowest BCUT2D eigenvalue weighted by molar-refractivity contribution is 0.100. The smallest absolute Gasteiger partial charge is 0.260 e. The number of aryl methyl sites for hydroxylation is 1. The molecule has 0 aliphatic heterocycles. The molecule has 0 unspecified atom stereocenters. The molecule has 0 bridgehead atoms. The number of methoxy groups -OCH3 is 1. The van der Waals surface area contributed by atoms with Crippen molar-refractivity contribution in [3.8, 4) is 17.1 Å². The number of carbonyl (C=O) groups is 1. The van der Waals surface area contributed by atoms with Crippen molar-refractivity contribution in [2.75, 3.05) is 12.8 Å². The van der Waals surface area contributed by atoms with Crippen molar-refractivity contribution < 1.29 is 9.53 Å². The van der Waals surface area contributed by atoms with Crippen molar-refractivity contribution in [2.45, 2.75) is 6.92 Å². The highest BCUT2D eigenvalue weighted by Crippen LogP contribution is 2.35. The molecule has 3 rings (SSSR count). The first kappa shape index (κ1) is 14.3. The molecule has 0 aliphatic carbocycles. The Kier molecular flexibility index (Phi) is 3.42. The number of fused-ring (bicyclic) bond motifs is 1. The predicted octanol–water partition coefficient (Wildman–Crippen LogP) is 2.36. The predicted molar refractivity (Wildman–Crippen MR) is 87.1 cm³/mol. The maximum Gasteiger partial charge on any atom is 0.260 e. The minimum atomic E-state index is -0.550. The van der Waals surface area contributed by atoms with Gasteiger partial charge in [-0.3, -0.25) is 4.79 Å². The average Bonchev–Trinajstić information content (AvgIpc) is 2.85. The van der Waals surface area contributed by atoms with Gasteiger partial charge in [0.05, 0.1) is 23.9 Å². The molecule has 0 saturated heterocycles. The molecule has 112 valence electrons. The van der Waals surface area contributed by atoms with E-state index in [4.69, 9.17) is 16.2 Å². The van der Waals surface area contributed by atoms with Crippen LogP contribution < -0.4 is 16.2 Å². The Bertz CT molecular complexity index is 871. The third-order valence-electron chi connectivity index (χ3n) is 3.34. The number of nitrogens with two attached hydrogens (primary N) is 2. The van der Waals surface area contributed by atoms with Crippen LogP contribution in [0.15, 0.2) is 24.3 Å². The first-order valence-electron chi connectivity index (χ1n) is 6.52. The third kappa shape index (κ3) is 2.25. The second-order valence-corrected chi connectivity index (χ2v) is 5.75. The fraction of sp³-hybridized carbons (Fsp3) is 0.133. The fourth-order valence-corrected chi connectivity index (χ4v) is 3.25. The van der Waals surface area contributed by atoms with Gasteiger partial charge in [0.25, 0.3) is 5.91 Å². The summed E-state index contributed by atoms with van der Waals surface area (Å²) in [5, 5.41) is 0.691. The van der Waals surface area contributed by atoms with Crippen molar-refractivity contribution in [3.05, 3.63) is 34.8 Å². The summed E-state index contributed by atoms with van der Waals surface area (Å²) in [4.78, 5) is 21.4. The Balaban J connectivity index is 2.17. The van der Waals surface area contributed by atoms with E-state index >= 15 is 0 Å². The van der Waals surface area contributed by atoms with Crippen LogP contribution in [0.1, 0.15) is 15.4 Å². The van der Waals surface area contributed by atoms with E-state index in [0.29, 0.717) is 26.6 Å². The van der Waals surface area contributed by atoms with Gasteiger partial charge in [-0.05, 0) is 31.2 Å². The van der Waals surface area contributed by atoms with E-state index in [-0.39, 0.29) is 0 Å². The standard InChI is InChI=1S/C15H14N4O2S/c1-7-10-11(16)12(13(17)20)22-15(10)19-14(18-7)8-3-5-9(21-2)6-4-8/h3-6H,16H2,1-2H3,(H2,17,20). The molecule has 6 nitrogen and oxygen atoms in total. The minimum Gasteiger partial charge on any atom is -0.497 e. The lowest BCUT2D eigenvalue weighted by Crippen LogP contribution is -2.10. The van der Waals surface area contributed by atoms with Crippen molar-refractivity contribution in [1.82, 2.24) is 9.97 Å². The number of primary amides is 1. The lowest BCUT2D eigenvalue weighted by Gasteiger charge is -2.04. The second kappa shape index (κ2) is 5.27. The normalized spacial score (nSPS) is 10.8. The van der Waals surface area contributed by atoms with Gasteiger partial charge in [0.15, 0.2) is 5.82 Å². The first-order chi connectivity index (χ1) is 10.5. The molecule has 0 radical (unpaired) electrons. The van der Waals surface area contributed by atoms with Crippen molar-refractivity contribution in [1.29, 1.82) is 0 Å². The molecule has 7 heteroatoms. The van der Waals surface area contributed by atoms with E-state index in [1.54, 1.807) is 7.11 Å². The summed E-state index contributed by atoms with van der Waals surface area (Å²) in [6, 6.07) is 7.45. The first-order valence-corrected chi connectivity index (χ1v) is 7.33. The van der Waals surface area contributed by atoms with Gasteiger partial charge in [0.2, 0.25) is 0 Å². The summed E-state index contributed by atoms with van der Waals surface area (Å²) in [5.74, 6) is 0.786. The Labute approximate surface area is 130 Å². The average molecular weight is 314 g/mol. The number of rotatable bonds is 3. The molecule has 0 saturated carbocycles. The SMILES string of the molecule is COc1ccc(-c2nc(C)c3c(N)c(C(N)=O)sc3n2)cc1. The monoisotopic (exact) mass is 314 g/mol. The van der Waals surface area contributed by atoms with Crippen LogP contribution in [0.2, 0.25) is 0 Å². The van der Waals surface area contributed by atoms with Crippen LogP contribution in [0.5, 0.6) is 5.75 Å². The van der Waals surface area contributed by atoms with Crippen LogP contribution in [-0.2, 0) is 0 Å². The minimum absolute atomic E-state index is 0.319. The number of thiophene rings is 1.